The molecule has 0 bridgehead atoms. The van der Waals surface area contributed by atoms with Crippen molar-refractivity contribution >= 4 is 15.6 Å². The number of sulfone groups is 1. The minimum atomic E-state index is -3.36. The van der Waals surface area contributed by atoms with E-state index in [9.17, 15) is 13.2 Å². The molecule has 28 heavy (non-hydrogen) atoms. The van der Waals surface area contributed by atoms with Gasteiger partial charge in [-0.2, -0.15) is 0 Å². The Morgan fingerprint density at radius 2 is 1.86 bits per heavy atom. The fourth-order valence-corrected chi connectivity index (χ4v) is 4.45. The second-order valence-corrected chi connectivity index (χ2v) is 9.41. The zero-order valence-electron chi connectivity index (χ0n) is 15.8. The quantitative estimate of drug-likeness (QED) is 0.588. The molecular formula is C22H21NO4S. The van der Waals surface area contributed by atoms with Crippen LogP contribution in [-0.2, 0) is 16.3 Å². The second-order valence-electron chi connectivity index (χ2n) is 7.42. The fourth-order valence-electron chi connectivity index (χ4n) is 3.51. The van der Waals surface area contributed by atoms with Crippen LogP contribution < -0.4 is 0 Å². The molecule has 2 aromatic carbocycles. The van der Waals surface area contributed by atoms with Gasteiger partial charge in [-0.05, 0) is 43.4 Å². The second kappa shape index (κ2) is 7.02. The number of rotatable bonds is 6. The molecule has 0 unspecified atom stereocenters. The van der Waals surface area contributed by atoms with E-state index in [1.54, 1.807) is 24.3 Å². The molecule has 0 atom stereocenters. The first-order valence-electron chi connectivity index (χ1n) is 9.21. The van der Waals surface area contributed by atoms with Gasteiger partial charge in [0, 0.05) is 17.7 Å². The zero-order chi connectivity index (χ0) is 19.9. The number of ketones is 1. The molecule has 1 saturated carbocycles. The minimum Gasteiger partial charge on any atom is -0.360 e. The van der Waals surface area contributed by atoms with E-state index in [1.165, 1.54) is 12.5 Å². The minimum absolute atomic E-state index is 0.130. The number of aromatic nitrogens is 1. The lowest BCUT2D eigenvalue weighted by atomic mass is 9.92. The van der Waals surface area contributed by atoms with Crippen molar-refractivity contribution in [2.75, 3.05) is 6.26 Å². The molecule has 4 rings (SSSR count). The summed E-state index contributed by atoms with van der Waals surface area (Å²) >= 11 is 0. The molecule has 1 aromatic heterocycles. The predicted molar refractivity (Wildman–Crippen MR) is 105 cm³/mol. The Bertz CT molecular complexity index is 1160. The number of benzene rings is 2. The largest absolute Gasteiger partial charge is 0.360 e. The first kappa shape index (κ1) is 18.6. The summed E-state index contributed by atoms with van der Waals surface area (Å²) < 4.78 is 29.6. The van der Waals surface area contributed by atoms with Gasteiger partial charge in [-0.3, -0.25) is 4.79 Å². The molecule has 144 valence electrons. The summed E-state index contributed by atoms with van der Waals surface area (Å²) in [5.41, 5.74) is 3.54. The molecule has 6 heteroatoms. The highest BCUT2D eigenvalue weighted by Crippen LogP contribution is 2.42. The third-order valence-electron chi connectivity index (χ3n) is 5.05. The van der Waals surface area contributed by atoms with Crippen molar-refractivity contribution < 1.29 is 17.7 Å². The summed E-state index contributed by atoms with van der Waals surface area (Å²) in [5.74, 6) is 0.810. The standard InChI is InChI=1S/C22H21NO4S/c1-14-7-10-18(21(24)19-13-23-27-22(19)15-8-9-15)17(11-14)12-16-5-3-4-6-20(16)28(2,25)26/h3-7,10-11,13,15H,8-9,12H2,1-2H3. The van der Waals surface area contributed by atoms with Gasteiger partial charge >= 0.3 is 0 Å². The molecule has 5 nitrogen and oxygen atoms in total. The van der Waals surface area contributed by atoms with Crippen molar-refractivity contribution in [3.8, 4) is 0 Å². The highest BCUT2D eigenvalue weighted by molar-refractivity contribution is 7.90. The average molecular weight is 395 g/mol. The molecule has 1 aliphatic rings. The van der Waals surface area contributed by atoms with Crippen LogP contribution in [-0.4, -0.2) is 25.6 Å². The summed E-state index contributed by atoms with van der Waals surface area (Å²) in [7, 11) is -3.36. The molecule has 0 saturated heterocycles. The normalized spacial score (nSPS) is 14.2. The van der Waals surface area contributed by atoms with Gasteiger partial charge in [-0.15, -0.1) is 0 Å². The van der Waals surface area contributed by atoms with E-state index in [-0.39, 0.29) is 11.7 Å². The summed E-state index contributed by atoms with van der Waals surface area (Å²) in [4.78, 5) is 13.5. The van der Waals surface area contributed by atoms with Crippen molar-refractivity contribution in [3.05, 3.63) is 82.2 Å². The molecule has 3 aromatic rings. The Hall–Kier alpha value is -2.73. The first-order valence-corrected chi connectivity index (χ1v) is 11.1. The molecule has 1 fully saturated rings. The Labute approximate surface area is 164 Å². The summed E-state index contributed by atoms with van der Waals surface area (Å²) in [6.45, 7) is 1.95. The van der Waals surface area contributed by atoms with Gasteiger partial charge in [-0.1, -0.05) is 47.1 Å². The van der Waals surface area contributed by atoms with Crippen molar-refractivity contribution in [1.29, 1.82) is 0 Å². The Balaban J connectivity index is 1.76. The van der Waals surface area contributed by atoms with Gasteiger partial charge in [-0.25, -0.2) is 8.42 Å². The van der Waals surface area contributed by atoms with Crippen LogP contribution in [0.4, 0.5) is 0 Å². The number of aryl methyl sites for hydroxylation is 1. The van der Waals surface area contributed by atoms with Crippen LogP contribution in [0.15, 0.2) is 58.1 Å². The molecular weight excluding hydrogens is 374 g/mol. The Kier molecular flexibility index (Phi) is 4.67. The molecule has 0 N–H and O–H groups in total. The summed E-state index contributed by atoms with van der Waals surface area (Å²) in [6, 6.07) is 12.6. The molecule has 1 heterocycles. The molecule has 0 aliphatic heterocycles. The smallest absolute Gasteiger partial charge is 0.198 e. The lowest BCUT2D eigenvalue weighted by Gasteiger charge is -2.12. The van der Waals surface area contributed by atoms with Gasteiger partial charge in [0.25, 0.3) is 0 Å². The number of carbonyl (C=O) groups excluding carboxylic acids is 1. The van der Waals surface area contributed by atoms with Crippen LogP contribution in [0.5, 0.6) is 0 Å². The lowest BCUT2D eigenvalue weighted by Crippen LogP contribution is -2.09. The van der Waals surface area contributed by atoms with E-state index < -0.39 is 9.84 Å². The van der Waals surface area contributed by atoms with Gasteiger partial charge in [0.05, 0.1) is 16.7 Å². The highest BCUT2D eigenvalue weighted by Gasteiger charge is 2.33. The van der Waals surface area contributed by atoms with E-state index >= 15 is 0 Å². The van der Waals surface area contributed by atoms with Crippen LogP contribution in [0, 0.1) is 6.92 Å². The Morgan fingerprint density at radius 1 is 1.11 bits per heavy atom. The third kappa shape index (κ3) is 3.64. The number of carbonyl (C=O) groups is 1. The fraction of sp³-hybridized carbons (Fsp3) is 0.273. The average Bonchev–Trinajstić information content (AvgIpc) is 3.37. The zero-order valence-corrected chi connectivity index (χ0v) is 16.6. The van der Waals surface area contributed by atoms with E-state index in [0.29, 0.717) is 33.8 Å². The molecule has 1 aliphatic carbocycles. The third-order valence-corrected chi connectivity index (χ3v) is 6.25. The SMILES string of the molecule is Cc1ccc(C(=O)c2cnoc2C2CC2)c(Cc2ccccc2S(C)(=O)=O)c1. The van der Waals surface area contributed by atoms with Crippen LogP contribution in [0.25, 0.3) is 0 Å². The molecule has 0 amide bonds. The lowest BCUT2D eigenvalue weighted by molar-refractivity contribution is 0.103. The van der Waals surface area contributed by atoms with Gasteiger partial charge < -0.3 is 4.52 Å². The van der Waals surface area contributed by atoms with Crippen molar-refractivity contribution in [1.82, 2.24) is 5.16 Å². The topological polar surface area (TPSA) is 77.2 Å². The highest BCUT2D eigenvalue weighted by atomic mass is 32.2. The predicted octanol–water partition coefficient (Wildman–Crippen LogP) is 4.09. The number of hydrogen-bond donors (Lipinski definition) is 0. The van der Waals surface area contributed by atoms with E-state index in [4.69, 9.17) is 4.52 Å². The van der Waals surface area contributed by atoms with Gasteiger partial charge in [0.15, 0.2) is 21.4 Å². The van der Waals surface area contributed by atoms with Crippen molar-refractivity contribution in [2.45, 2.75) is 37.0 Å². The van der Waals surface area contributed by atoms with Gasteiger partial charge in [0.2, 0.25) is 0 Å². The van der Waals surface area contributed by atoms with Crippen LogP contribution in [0.3, 0.4) is 0 Å². The van der Waals surface area contributed by atoms with Crippen LogP contribution >= 0.6 is 0 Å². The summed E-state index contributed by atoms with van der Waals surface area (Å²) in [5, 5.41) is 3.83. The summed E-state index contributed by atoms with van der Waals surface area (Å²) in [6.07, 6.45) is 5.07. The Morgan fingerprint density at radius 3 is 2.57 bits per heavy atom. The maximum absolute atomic E-state index is 13.2. The van der Waals surface area contributed by atoms with Crippen LogP contribution in [0.2, 0.25) is 0 Å². The first-order chi connectivity index (χ1) is 13.3. The van der Waals surface area contributed by atoms with Gasteiger partial charge in [0.1, 0.15) is 0 Å². The van der Waals surface area contributed by atoms with Crippen molar-refractivity contribution in [3.63, 3.8) is 0 Å². The maximum atomic E-state index is 13.2. The van der Waals surface area contributed by atoms with E-state index in [0.717, 1.165) is 24.0 Å². The number of hydrogen-bond acceptors (Lipinski definition) is 5. The maximum Gasteiger partial charge on any atom is 0.198 e. The molecule has 0 spiro atoms. The van der Waals surface area contributed by atoms with Crippen molar-refractivity contribution in [2.24, 2.45) is 0 Å². The van der Waals surface area contributed by atoms with E-state index in [1.807, 2.05) is 25.1 Å². The monoisotopic (exact) mass is 395 g/mol. The van der Waals surface area contributed by atoms with E-state index in [2.05, 4.69) is 5.16 Å². The molecule has 0 radical (unpaired) electrons. The van der Waals surface area contributed by atoms with Crippen LogP contribution in [0.1, 0.15) is 57.1 Å². The number of nitrogens with zero attached hydrogens (tertiary/aromatic N) is 1.